The molecule has 0 fully saturated rings. The number of amides is 4. The molecule has 0 saturated heterocycles. The number of nitrogen functional groups attached to an aromatic ring is 1. The van der Waals surface area contributed by atoms with Crippen LogP contribution in [0.4, 0.5) is 15.3 Å². The molecule has 0 aliphatic rings. The Morgan fingerprint density at radius 3 is 2.27 bits per heavy atom. The summed E-state index contributed by atoms with van der Waals surface area (Å²) in [7, 11) is 0. The zero-order chi connectivity index (χ0) is 22.7. The lowest BCUT2D eigenvalue weighted by molar-refractivity contribution is -0.142. The Labute approximate surface area is 175 Å². The van der Waals surface area contributed by atoms with Crippen molar-refractivity contribution < 1.29 is 23.9 Å². The van der Waals surface area contributed by atoms with Crippen molar-refractivity contribution in [3.05, 3.63) is 29.8 Å². The topological polar surface area (TPSA) is 192 Å². The van der Waals surface area contributed by atoms with E-state index in [0.29, 0.717) is 12.1 Å². The highest BCUT2D eigenvalue weighted by Gasteiger charge is 2.27. The second-order valence-electron chi connectivity index (χ2n) is 7.07. The molecule has 2 atom stereocenters. The highest BCUT2D eigenvalue weighted by Crippen LogP contribution is 2.06. The molecule has 0 aromatic heterocycles. The van der Waals surface area contributed by atoms with Gasteiger partial charge in [0.15, 0.2) is 0 Å². The van der Waals surface area contributed by atoms with Crippen molar-refractivity contribution in [1.29, 1.82) is 0 Å². The van der Waals surface area contributed by atoms with Crippen LogP contribution in [-0.2, 0) is 20.9 Å². The van der Waals surface area contributed by atoms with Crippen LogP contribution in [0.15, 0.2) is 24.3 Å². The third kappa shape index (κ3) is 9.24. The molecule has 1 aromatic rings. The number of nitrogens with one attached hydrogen (secondary N) is 3. The predicted octanol–water partition coefficient (Wildman–Crippen LogP) is -0.0618. The standard InChI is InChI=1S/C19H30N6O5/c1-11(2)15(21)16(26)25-14(4-3-9-23-18(22)28)17(27)30-19(29)24-10-12-5-7-13(20)8-6-12/h5-8,11,14-15H,3-4,9-10,20-21H2,1-2H3,(H,24,29)(H,25,26)(H3,22,23,28)/t14-,15-/m0/s1. The Morgan fingerprint density at radius 1 is 1.07 bits per heavy atom. The van der Waals surface area contributed by atoms with E-state index in [1.807, 2.05) is 0 Å². The average Bonchev–Trinajstić information content (AvgIpc) is 2.68. The molecule has 166 valence electrons. The van der Waals surface area contributed by atoms with E-state index in [2.05, 4.69) is 16.0 Å². The fraction of sp³-hybridized carbons (Fsp3) is 0.474. The average molecular weight is 422 g/mol. The molecule has 30 heavy (non-hydrogen) atoms. The number of nitrogens with two attached hydrogens (primary N) is 3. The van der Waals surface area contributed by atoms with Crippen molar-refractivity contribution in [2.24, 2.45) is 17.4 Å². The monoisotopic (exact) mass is 422 g/mol. The van der Waals surface area contributed by atoms with Crippen LogP contribution in [0.3, 0.4) is 0 Å². The van der Waals surface area contributed by atoms with E-state index >= 15 is 0 Å². The van der Waals surface area contributed by atoms with E-state index in [0.717, 1.165) is 5.56 Å². The number of ether oxygens (including phenoxy) is 1. The van der Waals surface area contributed by atoms with Crippen molar-refractivity contribution in [3.8, 4) is 0 Å². The molecule has 0 bridgehead atoms. The van der Waals surface area contributed by atoms with E-state index in [9.17, 15) is 19.2 Å². The number of primary amides is 1. The molecule has 0 saturated carbocycles. The third-order valence-electron chi connectivity index (χ3n) is 4.20. The van der Waals surface area contributed by atoms with E-state index < -0.39 is 36.1 Å². The van der Waals surface area contributed by atoms with E-state index in [1.165, 1.54) is 0 Å². The number of carbonyl (C=O) groups excluding carboxylic acids is 4. The number of alkyl carbamates (subject to hydrolysis) is 1. The van der Waals surface area contributed by atoms with Crippen molar-refractivity contribution in [3.63, 3.8) is 0 Å². The summed E-state index contributed by atoms with van der Waals surface area (Å²) in [4.78, 5) is 47.3. The summed E-state index contributed by atoms with van der Waals surface area (Å²) < 4.78 is 4.80. The third-order valence-corrected chi connectivity index (χ3v) is 4.20. The maximum atomic E-state index is 12.4. The smallest absolute Gasteiger partial charge is 0.399 e. The van der Waals surface area contributed by atoms with Gasteiger partial charge in [-0.1, -0.05) is 26.0 Å². The van der Waals surface area contributed by atoms with E-state index in [1.54, 1.807) is 38.1 Å². The first kappa shape index (κ1) is 24.7. The minimum absolute atomic E-state index is 0.112. The summed E-state index contributed by atoms with van der Waals surface area (Å²) in [6.07, 6.45) is -0.534. The van der Waals surface area contributed by atoms with Crippen molar-refractivity contribution in [2.45, 2.75) is 45.3 Å². The molecule has 9 N–H and O–H groups in total. The zero-order valence-electron chi connectivity index (χ0n) is 17.1. The molecule has 4 amide bonds. The minimum Gasteiger partial charge on any atom is -0.399 e. The van der Waals surface area contributed by atoms with Gasteiger partial charge in [-0.15, -0.1) is 0 Å². The van der Waals surface area contributed by atoms with Gasteiger partial charge in [-0.05, 0) is 36.5 Å². The quantitative estimate of drug-likeness (QED) is 0.132. The van der Waals surface area contributed by atoms with Gasteiger partial charge in [0, 0.05) is 18.8 Å². The van der Waals surface area contributed by atoms with Crippen molar-refractivity contribution in [2.75, 3.05) is 12.3 Å². The molecule has 0 radical (unpaired) electrons. The van der Waals surface area contributed by atoms with Gasteiger partial charge in [0.1, 0.15) is 6.04 Å². The van der Waals surface area contributed by atoms with E-state index in [-0.39, 0.29) is 25.4 Å². The van der Waals surface area contributed by atoms with Crippen LogP contribution in [0.5, 0.6) is 0 Å². The van der Waals surface area contributed by atoms with Gasteiger partial charge in [0.25, 0.3) is 0 Å². The maximum absolute atomic E-state index is 12.4. The molecule has 11 nitrogen and oxygen atoms in total. The van der Waals surface area contributed by atoms with Crippen molar-refractivity contribution >= 4 is 29.7 Å². The Balaban J connectivity index is 2.64. The van der Waals surface area contributed by atoms with Crippen molar-refractivity contribution in [1.82, 2.24) is 16.0 Å². The molecular formula is C19H30N6O5. The lowest BCUT2D eigenvalue weighted by Gasteiger charge is -2.21. The zero-order valence-corrected chi connectivity index (χ0v) is 17.1. The fourth-order valence-corrected chi connectivity index (χ4v) is 2.35. The molecule has 0 unspecified atom stereocenters. The Kier molecular flexibility index (Phi) is 10.1. The summed E-state index contributed by atoms with van der Waals surface area (Å²) >= 11 is 0. The first-order valence-corrected chi connectivity index (χ1v) is 9.53. The second kappa shape index (κ2) is 12.3. The Bertz CT molecular complexity index is 737. The van der Waals surface area contributed by atoms with Gasteiger partial charge < -0.3 is 37.9 Å². The van der Waals surface area contributed by atoms with Crippen LogP contribution in [0.25, 0.3) is 0 Å². The van der Waals surface area contributed by atoms with Crippen LogP contribution in [0.1, 0.15) is 32.3 Å². The molecule has 0 heterocycles. The van der Waals surface area contributed by atoms with Gasteiger partial charge in [-0.3, -0.25) is 4.79 Å². The first-order chi connectivity index (χ1) is 14.1. The van der Waals surface area contributed by atoms with E-state index in [4.69, 9.17) is 21.9 Å². The molecule has 1 aromatic carbocycles. The number of hydrogen-bond acceptors (Lipinski definition) is 7. The first-order valence-electron chi connectivity index (χ1n) is 9.53. The lowest BCUT2D eigenvalue weighted by atomic mass is 10.0. The summed E-state index contributed by atoms with van der Waals surface area (Å²) in [5, 5.41) is 7.32. The van der Waals surface area contributed by atoms with Gasteiger partial charge in [-0.25, -0.2) is 14.4 Å². The molecule has 1 rings (SSSR count). The number of urea groups is 1. The number of carbonyl (C=O) groups is 4. The fourth-order valence-electron chi connectivity index (χ4n) is 2.35. The number of rotatable bonds is 10. The summed E-state index contributed by atoms with van der Waals surface area (Å²) in [6, 6.07) is 4.15. The van der Waals surface area contributed by atoms with Gasteiger partial charge in [-0.2, -0.15) is 0 Å². The number of benzene rings is 1. The van der Waals surface area contributed by atoms with Crippen LogP contribution < -0.4 is 33.2 Å². The number of anilines is 1. The summed E-state index contributed by atoms with van der Waals surface area (Å²) in [5.74, 6) is -1.63. The highest BCUT2D eigenvalue weighted by molar-refractivity contribution is 5.92. The predicted molar refractivity (Wildman–Crippen MR) is 111 cm³/mol. The SMILES string of the molecule is CC(C)[C@H](N)C(=O)N[C@@H](CCCNC(N)=O)C(=O)OC(=O)NCc1ccc(N)cc1. The van der Waals surface area contributed by atoms with Gasteiger partial charge in [0.2, 0.25) is 5.91 Å². The second-order valence-corrected chi connectivity index (χ2v) is 7.07. The summed E-state index contributed by atoms with van der Waals surface area (Å²) in [5.41, 5.74) is 17.7. The molecule has 0 aliphatic carbocycles. The van der Waals surface area contributed by atoms with Crippen LogP contribution in [-0.4, -0.2) is 42.6 Å². The maximum Gasteiger partial charge on any atom is 0.415 e. The molecule has 0 spiro atoms. The van der Waals surface area contributed by atoms with Crippen LogP contribution >= 0.6 is 0 Å². The summed E-state index contributed by atoms with van der Waals surface area (Å²) in [6.45, 7) is 3.84. The molecular weight excluding hydrogens is 392 g/mol. The minimum atomic E-state index is -1.11. The van der Waals surface area contributed by atoms with Crippen LogP contribution in [0.2, 0.25) is 0 Å². The molecule has 0 aliphatic heterocycles. The molecule has 11 heteroatoms. The Morgan fingerprint density at radius 2 is 1.70 bits per heavy atom. The Hall–Kier alpha value is -3.34. The number of esters is 1. The largest absolute Gasteiger partial charge is 0.415 e. The van der Waals surface area contributed by atoms with Crippen LogP contribution in [0, 0.1) is 5.92 Å². The highest BCUT2D eigenvalue weighted by atomic mass is 16.6. The number of hydrogen-bond donors (Lipinski definition) is 6. The van der Waals surface area contributed by atoms with Gasteiger partial charge in [0.05, 0.1) is 6.04 Å². The lowest BCUT2D eigenvalue weighted by Crippen LogP contribution is -2.51. The normalized spacial score (nSPS) is 12.5. The van der Waals surface area contributed by atoms with Gasteiger partial charge >= 0.3 is 18.1 Å².